The quantitative estimate of drug-likeness (QED) is 0.919. The van der Waals surface area contributed by atoms with E-state index in [1.807, 2.05) is 18.2 Å². The molecular formula is C17H22N4O. The number of hydrogen-bond acceptors (Lipinski definition) is 5. The fourth-order valence-corrected chi connectivity index (χ4v) is 2.98. The monoisotopic (exact) mass is 298 g/mol. The third-order valence-corrected chi connectivity index (χ3v) is 4.03. The first-order valence-electron chi connectivity index (χ1n) is 7.72. The van der Waals surface area contributed by atoms with Gasteiger partial charge >= 0.3 is 0 Å². The van der Waals surface area contributed by atoms with Crippen LogP contribution >= 0.6 is 0 Å². The minimum atomic E-state index is 0.429. The lowest BCUT2D eigenvalue weighted by atomic mass is 10.0. The summed E-state index contributed by atoms with van der Waals surface area (Å²) in [6, 6.07) is 10.6. The number of nitrogens with one attached hydrogen (secondary N) is 1. The van der Waals surface area contributed by atoms with Crippen LogP contribution in [0.15, 0.2) is 42.9 Å². The minimum Gasteiger partial charge on any atom is -0.496 e. The molecule has 116 valence electrons. The zero-order valence-electron chi connectivity index (χ0n) is 12.9. The molecule has 1 saturated heterocycles. The van der Waals surface area contributed by atoms with Crippen LogP contribution in [0.2, 0.25) is 0 Å². The van der Waals surface area contributed by atoms with Gasteiger partial charge in [-0.2, -0.15) is 0 Å². The molecule has 2 heterocycles. The van der Waals surface area contributed by atoms with Crippen molar-refractivity contribution in [1.82, 2.24) is 14.9 Å². The highest BCUT2D eigenvalue weighted by atomic mass is 16.5. The molecule has 0 spiro atoms. The second-order valence-corrected chi connectivity index (χ2v) is 5.63. The van der Waals surface area contributed by atoms with Crippen LogP contribution in [-0.2, 0) is 6.54 Å². The van der Waals surface area contributed by atoms with Gasteiger partial charge in [-0.3, -0.25) is 4.90 Å². The summed E-state index contributed by atoms with van der Waals surface area (Å²) >= 11 is 0. The van der Waals surface area contributed by atoms with Gasteiger partial charge in [-0.1, -0.05) is 18.2 Å². The SMILES string of the molecule is COc1ccccc1CN1CCCC(Nc2ccncn2)C1. The van der Waals surface area contributed by atoms with Crippen molar-refractivity contribution < 1.29 is 4.74 Å². The van der Waals surface area contributed by atoms with Crippen LogP contribution in [0.5, 0.6) is 5.75 Å². The molecule has 1 aromatic carbocycles. The molecule has 0 radical (unpaired) electrons. The van der Waals surface area contributed by atoms with Crippen molar-refractivity contribution in [1.29, 1.82) is 0 Å². The second kappa shape index (κ2) is 7.22. The van der Waals surface area contributed by atoms with E-state index in [9.17, 15) is 0 Å². The number of aromatic nitrogens is 2. The highest BCUT2D eigenvalue weighted by Gasteiger charge is 2.20. The summed E-state index contributed by atoms with van der Waals surface area (Å²) in [7, 11) is 1.73. The van der Waals surface area contributed by atoms with Crippen LogP contribution < -0.4 is 10.1 Å². The first-order chi connectivity index (χ1) is 10.8. The van der Waals surface area contributed by atoms with Gasteiger partial charge in [0.2, 0.25) is 0 Å². The summed E-state index contributed by atoms with van der Waals surface area (Å²) in [4.78, 5) is 10.7. The van der Waals surface area contributed by atoms with Gasteiger partial charge in [-0.15, -0.1) is 0 Å². The van der Waals surface area contributed by atoms with Crippen LogP contribution in [0.3, 0.4) is 0 Å². The molecule has 2 aromatic rings. The maximum Gasteiger partial charge on any atom is 0.129 e. The predicted molar refractivity (Wildman–Crippen MR) is 86.9 cm³/mol. The molecule has 5 nitrogen and oxygen atoms in total. The highest BCUT2D eigenvalue weighted by molar-refractivity contribution is 5.34. The van der Waals surface area contributed by atoms with E-state index in [4.69, 9.17) is 4.74 Å². The first-order valence-corrected chi connectivity index (χ1v) is 7.72. The molecule has 1 aliphatic heterocycles. The number of rotatable bonds is 5. The van der Waals surface area contributed by atoms with Gasteiger partial charge in [0.05, 0.1) is 7.11 Å². The Kier molecular flexibility index (Phi) is 4.85. The van der Waals surface area contributed by atoms with Crippen molar-refractivity contribution in [2.45, 2.75) is 25.4 Å². The number of nitrogens with zero attached hydrogens (tertiary/aromatic N) is 3. The summed E-state index contributed by atoms with van der Waals surface area (Å²) in [5.74, 6) is 1.87. The summed E-state index contributed by atoms with van der Waals surface area (Å²) < 4.78 is 5.45. The number of piperidine rings is 1. The molecule has 0 saturated carbocycles. The van der Waals surface area contributed by atoms with Crippen molar-refractivity contribution in [3.05, 3.63) is 48.4 Å². The molecule has 1 aliphatic rings. The Balaban J connectivity index is 1.61. The molecule has 5 heteroatoms. The van der Waals surface area contributed by atoms with E-state index < -0.39 is 0 Å². The predicted octanol–water partition coefficient (Wildman–Crippen LogP) is 2.56. The summed E-state index contributed by atoms with van der Waals surface area (Å²) in [5.41, 5.74) is 1.24. The molecule has 0 amide bonds. The standard InChI is InChI=1S/C17H22N4O/c1-22-16-7-3-2-5-14(16)11-21-10-4-6-15(12-21)20-17-8-9-18-13-19-17/h2-3,5,7-9,13,15H,4,6,10-12H2,1H3,(H,18,19,20). The highest BCUT2D eigenvalue weighted by Crippen LogP contribution is 2.22. The van der Waals surface area contributed by atoms with Gasteiger partial charge in [0.1, 0.15) is 17.9 Å². The van der Waals surface area contributed by atoms with Crippen molar-refractivity contribution >= 4 is 5.82 Å². The van der Waals surface area contributed by atoms with E-state index in [1.165, 1.54) is 18.4 Å². The zero-order valence-corrected chi connectivity index (χ0v) is 12.9. The molecule has 1 atom stereocenters. The number of hydrogen-bond donors (Lipinski definition) is 1. The largest absolute Gasteiger partial charge is 0.496 e. The summed E-state index contributed by atoms with van der Waals surface area (Å²) in [5, 5.41) is 3.50. The molecule has 0 aliphatic carbocycles. The topological polar surface area (TPSA) is 50.3 Å². The van der Waals surface area contributed by atoms with Crippen LogP contribution in [0.1, 0.15) is 18.4 Å². The Morgan fingerprint density at radius 1 is 1.32 bits per heavy atom. The van der Waals surface area contributed by atoms with E-state index in [-0.39, 0.29) is 0 Å². The van der Waals surface area contributed by atoms with Gasteiger partial charge in [0.15, 0.2) is 0 Å². The van der Waals surface area contributed by atoms with Crippen molar-refractivity contribution in [2.24, 2.45) is 0 Å². The zero-order chi connectivity index (χ0) is 15.2. The number of likely N-dealkylation sites (tertiary alicyclic amines) is 1. The number of ether oxygens (including phenoxy) is 1. The molecule has 0 bridgehead atoms. The molecule has 3 rings (SSSR count). The van der Waals surface area contributed by atoms with Crippen LogP contribution in [0.4, 0.5) is 5.82 Å². The minimum absolute atomic E-state index is 0.429. The van der Waals surface area contributed by atoms with E-state index in [0.717, 1.165) is 31.2 Å². The lowest BCUT2D eigenvalue weighted by molar-refractivity contribution is 0.206. The fourth-order valence-electron chi connectivity index (χ4n) is 2.98. The number of methoxy groups -OCH3 is 1. The number of para-hydroxylation sites is 1. The van der Waals surface area contributed by atoms with Crippen LogP contribution in [-0.4, -0.2) is 41.1 Å². The average Bonchev–Trinajstić information content (AvgIpc) is 2.57. The van der Waals surface area contributed by atoms with E-state index in [1.54, 1.807) is 19.6 Å². The molecule has 22 heavy (non-hydrogen) atoms. The van der Waals surface area contributed by atoms with Gasteiger partial charge in [-0.25, -0.2) is 9.97 Å². The number of anilines is 1. The third-order valence-electron chi connectivity index (χ3n) is 4.03. The Labute approximate surface area is 131 Å². The van der Waals surface area contributed by atoms with Gasteiger partial charge < -0.3 is 10.1 Å². The Morgan fingerprint density at radius 2 is 2.23 bits per heavy atom. The van der Waals surface area contributed by atoms with E-state index in [0.29, 0.717) is 6.04 Å². The van der Waals surface area contributed by atoms with Gasteiger partial charge in [0, 0.05) is 30.9 Å². The number of benzene rings is 1. The van der Waals surface area contributed by atoms with E-state index in [2.05, 4.69) is 32.3 Å². The average molecular weight is 298 g/mol. The summed E-state index contributed by atoms with van der Waals surface area (Å²) in [6.45, 7) is 3.06. The van der Waals surface area contributed by atoms with E-state index >= 15 is 0 Å². The maximum atomic E-state index is 5.45. The third kappa shape index (κ3) is 3.74. The second-order valence-electron chi connectivity index (χ2n) is 5.63. The Morgan fingerprint density at radius 3 is 3.05 bits per heavy atom. The Hall–Kier alpha value is -2.14. The molecule has 1 fully saturated rings. The van der Waals surface area contributed by atoms with Gasteiger partial charge in [0.25, 0.3) is 0 Å². The van der Waals surface area contributed by atoms with Crippen LogP contribution in [0, 0.1) is 0 Å². The van der Waals surface area contributed by atoms with Crippen molar-refractivity contribution in [3.8, 4) is 5.75 Å². The van der Waals surface area contributed by atoms with Gasteiger partial charge in [-0.05, 0) is 31.5 Å². The Bertz CT molecular complexity index is 590. The van der Waals surface area contributed by atoms with Crippen molar-refractivity contribution in [3.63, 3.8) is 0 Å². The maximum absolute atomic E-state index is 5.45. The lowest BCUT2D eigenvalue weighted by Gasteiger charge is -2.33. The first kappa shape index (κ1) is 14.8. The molecular weight excluding hydrogens is 276 g/mol. The molecule has 1 N–H and O–H groups in total. The molecule has 1 unspecified atom stereocenters. The van der Waals surface area contributed by atoms with Crippen LogP contribution in [0.25, 0.3) is 0 Å². The van der Waals surface area contributed by atoms with Crippen molar-refractivity contribution in [2.75, 3.05) is 25.5 Å². The fraction of sp³-hybridized carbons (Fsp3) is 0.412. The smallest absolute Gasteiger partial charge is 0.129 e. The molecule has 1 aromatic heterocycles. The lowest BCUT2D eigenvalue weighted by Crippen LogP contribution is -2.41. The normalized spacial score (nSPS) is 18.9. The summed E-state index contributed by atoms with van der Waals surface area (Å²) in [6.07, 6.45) is 5.72.